The topological polar surface area (TPSA) is 105 Å². The predicted molar refractivity (Wildman–Crippen MR) is 109 cm³/mol. The lowest BCUT2D eigenvalue weighted by Crippen LogP contribution is -2.44. The second-order valence-corrected chi connectivity index (χ2v) is 9.03. The summed E-state index contributed by atoms with van der Waals surface area (Å²) >= 11 is 6.00. The van der Waals surface area contributed by atoms with E-state index >= 15 is 0 Å². The highest BCUT2D eigenvalue weighted by molar-refractivity contribution is 7.89. The van der Waals surface area contributed by atoms with E-state index < -0.39 is 21.8 Å². The van der Waals surface area contributed by atoms with Crippen LogP contribution in [0.1, 0.15) is 21.5 Å². The number of ether oxygens (including phenoxy) is 1. The maximum Gasteiger partial charge on any atom is 0.276 e. The van der Waals surface area contributed by atoms with Gasteiger partial charge in [-0.25, -0.2) is 12.7 Å². The minimum absolute atomic E-state index is 0.0424. The first kappa shape index (κ1) is 22.7. The van der Waals surface area contributed by atoms with Crippen molar-refractivity contribution in [3.05, 3.63) is 58.1 Å². The zero-order valence-electron chi connectivity index (χ0n) is 16.4. The van der Waals surface area contributed by atoms with Crippen LogP contribution in [0, 0.1) is 13.8 Å². The van der Waals surface area contributed by atoms with Gasteiger partial charge in [-0.2, -0.15) is 0 Å². The fourth-order valence-electron chi connectivity index (χ4n) is 2.23. The second-order valence-electron chi connectivity index (χ2n) is 6.47. The maximum atomic E-state index is 12.3. The Morgan fingerprint density at radius 3 is 2.34 bits per heavy atom. The lowest BCUT2D eigenvalue weighted by molar-refractivity contribution is -0.123. The highest BCUT2D eigenvalue weighted by Crippen LogP contribution is 2.22. The molecule has 0 atom stereocenters. The fourth-order valence-corrected chi connectivity index (χ4v) is 3.36. The molecule has 29 heavy (non-hydrogen) atoms. The molecule has 0 spiro atoms. The van der Waals surface area contributed by atoms with Crippen LogP contribution in [0.3, 0.4) is 0 Å². The number of carbonyl (C=O) groups excluding carboxylic acids is 2. The van der Waals surface area contributed by atoms with Crippen molar-refractivity contribution in [2.75, 3.05) is 20.7 Å². The Morgan fingerprint density at radius 2 is 1.72 bits per heavy atom. The van der Waals surface area contributed by atoms with E-state index in [0.29, 0.717) is 5.75 Å². The number of hydrogen-bond donors (Lipinski definition) is 2. The largest absolute Gasteiger partial charge is 0.484 e. The number of aryl methyl sites for hydroxylation is 2. The molecule has 0 unspecified atom stereocenters. The molecule has 0 bridgehead atoms. The summed E-state index contributed by atoms with van der Waals surface area (Å²) in [4.78, 5) is 24.1. The molecular formula is C19H22ClN3O5S. The molecule has 2 aromatic carbocycles. The SMILES string of the molecule is Cc1ccc(OCC(=O)NNC(=O)c2cc(S(=O)(=O)N(C)C)ccc2Cl)cc1C. The van der Waals surface area contributed by atoms with Crippen LogP contribution in [0.5, 0.6) is 5.75 Å². The van der Waals surface area contributed by atoms with Crippen LogP contribution >= 0.6 is 11.6 Å². The van der Waals surface area contributed by atoms with Crippen molar-refractivity contribution >= 4 is 33.4 Å². The highest BCUT2D eigenvalue weighted by atomic mass is 35.5. The van der Waals surface area contributed by atoms with Gasteiger partial charge in [-0.05, 0) is 55.3 Å². The van der Waals surface area contributed by atoms with E-state index in [0.717, 1.165) is 21.5 Å². The molecule has 156 valence electrons. The van der Waals surface area contributed by atoms with Crippen LogP contribution in [0.25, 0.3) is 0 Å². The number of carbonyl (C=O) groups is 2. The number of hydrogen-bond acceptors (Lipinski definition) is 5. The van der Waals surface area contributed by atoms with E-state index in [1.165, 1.54) is 26.2 Å². The van der Waals surface area contributed by atoms with E-state index in [-0.39, 0.29) is 22.1 Å². The van der Waals surface area contributed by atoms with E-state index in [9.17, 15) is 18.0 Å². The number of rotatable bonds is 6. The maximum absolute atomic E-state index is 12.3. The lowest BCUT2D eigenvalue weighted by Gasteiger charge is -2.14. The van der Waals surface area contributed by atoms with Crippen molar-refractivity contribution in [1.29, 1.82) is 0 Å². The van der Waals surface area contributed by atoms with Gasteiger partial charge in [0, 0.05) is 14.1 Å². The molecule has 0 aliphatic rings. The fraction of sp³-hybridized carbons (Fsp3) is 0.263. The number of benzene rings is 2. The molecule has 0 aliphatic heterocycles. The third-order valence-electron chi connectivity index (χ3n) is 4.12. The first-order chi connectivity index (χ1) is 13.5. The Kier molecular flexibility index (Phi) is 7.23. The Hall–Kier alpha value is -2.62. The molecule has 0 aliphatic carbocycles. The minimum atomic E-state index is -3.74. The Bertz CT molecular complexity index is 1040. The van der Waals surface area contributed by atoms with E-state index in [1.807, 2.05) is 19.9 Å². The normalized spacial score (nSPS) is 11.2. The third-order valence-corrected chi connectivity index (χ3v) is 6.27. The summed E-state index contributed by atoms with van der Waals surface area (Å²) in [7, 11) is -0.991. The Morgan fingerprint density at radius 1 is 1.03 bits per heavy atom. The summed E-state index contributed by atoms with van der Waals surface area (Å²) in [6.45, 7) is 3.58. The average Bonchev–Trinajstić information content (AvgIpc) is 2.67. The van der Waals surface area contributed by atoms with Crippen molar-refractivity contribution < 1.29 is 22.7 Å². The van der Waals surface area contributed by atoms with Gasteiger partial charge in [-0.15, -0.1) is 0 Å². The smallest absolute Gasteiger partial charge is 0.276 e. The highest BCUT2D eigenvalue weighted by Gasteiger charge is 2.21. The van der Waals surface area contributed by atoms with Gasteiger partial charge >= 0.3 is 0 Å². The molecule has 8 nitrogen and oxygen atoms in total. The summed E-state index contributed by atoms with van der Waals surface area (Å²) < 4.78 is 30.8. The molecule has 0 radical (unpaired) electrons. The van der Waals surface area contributed by atoms with Crippen LogP contribution in [-0.4, -0.2) is 45.2 Å². The summed E-state index contributed by atoms with van der Waals surface area (Å²) in [6.07, 6.45) is 0. The molecule has 0 aromatic heterocycles. The molecule has 0 saturated carbocycles. The average molecular weight is 440 g/mol. The van der Waals surface area contributed by atoms with Gasteiger partial charge in [0.25, 0.3) is 11.8 Å². The first-order valence-electron chi connectivity index (χ1n) is 8.53. The number of hydrazine groups is 1. The van der Waals surface area contributed by atoms with Crippen LogP contribution in [0.2, 0.25) is 5.02 Å². The standard InChI is InChI=1S/C19H22ClN3O5S/c1-12-5-6-14(9-13(12)2)28-11-18(24)21-22-19(25)16-10-15(7-8-17(16)20)29(26,27)23(3)4/h5-10H,11H2,1-4H3,(H,21,24)(H,22,25). The van der Waals surface area contributed by atoms with Gasteiger partial charge in [0.1, 0.15) is 5.75 Å². The van der Waals surface area contributed by atoms with Crippen LogP contribution in [-0.2, 0) is 14.8 Å². The Balaban J connectivity index is 1.99. The number of nitrogens with one attached hydrogen (secondary N) is 2. The van der Waals surface area contributed by atoms with E-state index in [1.54, 1.807) is 12.1 Å². The van der Waals surface area contributed by atoms with Crippen molar-refractivity contribution in [1.82, 2.24) is 15.2 Å². The molecule has 2 aromatic rings. The monoisotopic (exact) mass is 439 g/mol. The summed E-state index contributed by atoms with van der Waals surface area (Å²) in [5, 5.41) is 0.0424. The molecule has 0 fully saturated rings. The molecule has 2 N–H and O–H groups in total. The van der Waals surface area contributed by atoms with Crippen molar-refractivity contribution in [2.45, 2.75) is 18.7 Å². The molecular weight excluding hydrogens is 418 g/mol. The van der Waals surface area contributed by atoms with Gasteiger partial charge in [-0.1, -0.05) is 17.7 Å². The van der Waals surface area contributed by atoms with Crippen LogP contribution in [0.15, 0.2) is 41.3 Å². The zero-order chi connectivity index (χ0) is 21.8. The minimum Gasteiger partial charge on any atom is -0.484 e. The van der Waals surface area contributed by atoms with Crippen molar-refractivity contribution in [3.8, 4) is 5.75 Å². The quantitative estimate of drug-likeness (QED) is 0.670. The summed E-state index contributed by atoms with van der Waals surface area (Å²) in [5.41, 5.74) is 6.43. The molecule has 0 heterocycles. The van der Waals surface area contributed by atoms with Gasteiger partial charge in [0.2, 0.25) is 10.0 Å². The summed E-state index contributed by atoms with van der Waals surface area (Å²) in [5.74, 6) is -0.825. The van der Waals surface area contributed by atoms with Gasteiger partial charge in [0.05, 0.1) is 15.5 Å². The lowest BCUT2D eigenvalue weighted by atomic mass is 10.1. The van der Waals surface area contributed by atoms with Crippen molar-refractivity contribution in [3.63, 3.8) is 0 Å². The molecule has 0 saturated heterocycles. The number of halogens is 1. The number of amides is 2. The predicted octanol–water partition coefficient (Wildman–Crippen LogP) is 2.05. The summed E-state index contributed by atoms with van der Waals surface area (Å²) in [6, 6.07) is 9.16. The molecule has 2 rings (SSSR count). The zero-order valence-corrected chi connectivity index (χ0v) is 18.0. The van der Waals surface area contributed by atoms with E-state index in [2.05, 4.69) is 10.9 Å². The van der Waals surface area contributed by atoms with Crippen LogP contribution in [0.4, 0.5) is 0 Å². The second kappa shape index (κ2) is 9.25. The third kappa shape index (κ3) is 5.69. The van der Waals surface area contributed by atoms with Gasteiger partial charge in [-0.3, -0.25) is 20.4 Å². The Labute approximate surface area is 174 Å². The number of sulfonamides is 1. The van der Waals surface area contributed by atoms with E-state index in [4.69, 9.17) is 16.3 Å². The van der Waals surface area contributed by atoms with Crippen LogP contribution < -0.4 is 15.6 Å². The number of nitrogens with zero attached hydrogens (tertiary/aromatic N) is 1. The first-order valence-corrected chi connectivity index (χ1v) is 10.4. The van der Waals surface area contributed by atoms with Gasteiger partial charge < -0.3 is 4.74 Å². The molecule has 10 heteroatoms. The van der Waals surface area contributed by atoms with Crippen molar-refractivity contribution in [2.24, 2.45) is 0 Å². The molecule has 2 amide bonds. The van der Waals surface area contributed by atoms with Gasteiger partial charge in [0.15, 0.2) is 6.61 Å².